The number of benzene rings is 1. The summed E-state index contributed by atoms with van der Waals surface area (Å²) in [5.74, 6) is -0.788. The summed E-state index contributed by atoms with van der Waals surface area (Å²) in [4.78, 5) is 15.8. The summed E-state index contributed by atoms with van der Waals surface area (Å²) in [6.07, 6.45) is 1.17. The number of alkyl halides is 3. The van der Waals surface area contributed by atoms with Crippen LogP contribution in [-0.2, 0) is 4.74 Å². The van der Waals surface area contributed by atoms with Crippen molar-refractivity contribution in [1.82, 2.24) is 14.8 Å². The highest BCUT2D eigenvalue weighted by molar-refractivity contribution is 6.67. The molecule has 21 heavy (non-hydrogen) atoms. The third kappa shape index (κ3) is 4.14. The molecule has 2 rings (SSSR count). The predicted octanol–water partition coefficient (Wildman–Crippen LogP) is 4.31. The van der Waals surface area contributed by atoms with Gasteiger partial charge in [-0.05, 0) is 18.2 Å². The number of esters is 1. The van der Waals surface area contributed by atoms with Crippen molar-refractivity contribution in [2.75, 3.05) is 0 Å². The summed E-state index contributed by atoms with van der Waals surface area (Å²) in [7, 11) is 0. The lowest BCUT2D eigenvalue weighted by Gasteiger charge is -2.24. The summed E-state index contributed by atoms with van der Waals surface area (Å²) >= 11 is 29.1. The fraction of sp³-hybridized carbons (Fsp3) is 0.182. The molecule has 1 atom stereocenters. The van der Waals surface area contributed by atoms with E-state index in [0.29, 0.717) is 5.02 Å². The second-order valence-corrected chi connectivity index (χ2v) is 7.01. The van der Waals surface area contributed by atoms with Gasteiger partial charge < -0.3 is 4.74 Å². The van der Waals surface area contributed by atoms with E-state index >= 15 is 0 Å². The smallest absolute Gasteiger partial charge is 0.341 e. The molecule has 0 spiro atoms. The van der Waals surface area contributed by atoms with E-state index in [2.05, 4.69) is 10.1 Å². The van der Waals surface area contributed by atoms with Crippen LogP contribution < -0.4 is 0 Å². The van der Waals surface area contributed by atoms with E-state index in [1.807, 2.05) is 0 Å². The Hall–Kier alpha value is -0.720. The molecule has 112 valence electrons. The summed E-state index contributed by atoms with van der Waals surface area (Å²) in [5, 5.41) is 4.29. The van der Waals surface area contributed by atoms with E-state index in [1.165, 1.54) is 30.9 Å². The molecule has 5 nitrogen and oxygen atoms in total. The fourth-order valence-corrected chi connectivity index (χ4v) is 2.35. The van der Waals surface area contributed by atoms with E-state index in [0.717, 1.165) is 4.68 Å². The van der Waals surface area contributed by atoms with Crippen molar-refractivity contribution < 1.29 is 9.53 Å². The maximum atomic E-state index is 12.1. The minimum Gasteiger partial charge on any atom is -0.431 e. The first kappa shape index (κ1) is 16.6. The van der Waals surface area contributed by atoms with Gasteiger partial charge >= 0.3 is 5.97 Å². The number of hydrogen-bond donors (Lipinski definition) is 0. The summed E-state index contributed by atoms with van der Waals surface area (Å²) in [6.45, 7) is 0. The fourth-order valence-electron chi connectivity index (χ4n) is 1.43. The van der Waals surface area contributed by atoms with E-state index in [-0.39, 0.29) is 10.6 Å². The van der Waals surface area contributed by atoms with Gasteiger partial charge in [0.2, 0.25) is 10.0 Å². The molecule has 2 aromatic rings. The summed E-state index contributed by atoms with van der Waals surface area (Å²) in [6, 6.07) is 4.30. The lowest BCUT2D eigenvalue weighted by Crippen LogP contribution is -2.29. The normalized spacial score (nSPS) is 13.0. The van der Waals surface area contributed by atoms with Gasteiger partial charge in [-0.25, -0.2) is 14.5 Å². The molecule has 0 fully saturated rings. The van der Waals surface area contributed by atoms with Gasteiger partial charge in [0.1, 0.15) is 12.7 Å². The molecule has 0 N–H and O–H groups in total. The van der Waals surface area contributed by atoms with Gasteiger partial charge in [0.25, 0.3) is 0 Å². The zero-order chi connectivity index (χ0) is 15.6. The molecule has 0 radical (unpaired) electrons. The largest absolute Gasteiger partial charge is 0.431 e. The Balaban J connectivity index is 2.27. The van der Waals surface area contributed by atoms with Gasteiger partial charge in [-0.15, -0.1) is 0 Å². The van der Waals surface area contributed by atoms with Crippen LogP contribution in [0.2, 0.25) is 10.0 Å². The van der Waals surface area contributed by atoms with Gasteiger partial charge in [-0.3, -0.25) is 0 Å². The zero-order valence-corrected chi connectivity index (χ0v) is 13.8. The van der Waals surface area contributed by atoms with Crippen molar-refractivity contribution in [2.45, 2.75) is 10.0 Å². The Morgan fingerprint density at radius 2 is 2.00 bits per heavy atom. The second-order valence-electron chi connectivity index (χ2n) is 3.80. The number of halogens is 5. The van der Waals surface area contributed by atoms with Gasteiger partial charge in [0.05, 0.1) is 10.6 Å². The van der Waals surface area contributed by atoms with Crippen molar-refractivity contribution in [3.63, 3.8) is 0 Å². The average Bonchev–Trinajstić information content (AvgIpc) is 2.87. The highest BCUT2D eigenvalue weighted by Crippen LogP contribution is 2.39. The monoisotopic (exact) mass is 387 g/mol. The molecular weight excluding hydrogens is 383 g/mol. The van der Waals surface area contributed by atoms with E-state index in [4.69, 9.17) is 62.7 Å². The minimum absolute atomic E-state index is 0.0837. The van der Waals surface area contributed by atoms with Gasteiger partial charge in [-0.1, -0.05) is 58.0 Å². The SMILES string of the molecule is O=C(O[C@H](n1cncn1)C(Cl)(Cl)Cl)c1ccc(Cl)cc1Cl. The van der Waals surface area contributed by atoms with Crippen LogP contribution in [0.25, 0.3) is 0 Å². The predicted molar refractivity (Wildman–Crippen MR) is 81.2 cm³/mol. The molecule has 1 heterocycles. The maximum Gasteiger partial charge on any atom is 0.341 e. The average molecular weight is 389 g/mol. The Kier molecular flexibility index (Phi) is 5.22. The van der Waals surface area contributed by atoms with Crippen LogP contribution in [0.4, 0.5) is 0 Å². The molecule has 1 aromatic carbocycles. The van der Waals surface area contributed by atoms with E-state index in [9.17, 15) is 4.79 Å². The Morgan fingerprint density at radius 1 is 1.29 bits per heavy atom. The number of hydrogen-bond acceptors (Lipinski definition) is 4. The number of ether oxygens (including phenoxy) is 1. The summed E-state index contributed by atoms with van der Waals surface area (Å²) < 4.78 is 4.33. The van der Waals surface area contributed by atoms with Crippen molar-refractivity contribution in [1.29, 1.82) is 0 Å². The quantitative estimate of drug-likeness (QED) is 0.580. The molecule has 0 bridgehead atoms. The lowest BCUT2D eigenvalue weighted by molar-refractivity contribution is 0.00609. The first-order valence-electron chi connectivity index (χ1n) is 5.36. The topological polar surface area (TPSA) is 57.0 Å². The molecule has 10 heteroatoms. The maximum absolute atomic E-state index is 12.1. The molecule has 0 unspecified atom stereocenters. The minimum atomic E-state index is -1.94. The lowest BCUT2D eigenvalue weighted by atomic mass is 10.2. The van der Waals surface area contributed by atoms with Crippen LogP contribution in [0.3, 0.4) is 0 Å². The molecule has 0 amide bonds. The first-order valence-corrected chi connectivity index (χ1v) is 7.25. The highest BCUT2D eigenvalue weighted by atomic mass is 35.6. The Morgan fingerprint density at radius 3 is 2.52 bits per heavy atom. The molecule has 0 saturated carbocycles. The van der Waals surface area contributed by atoms with Crippen LogP contribution >= 0.6 is 58.0 Å². The molecule has 0 aliphatic carbocycles. The van der Waals surface area contributed by atoms with Crippen LogP contribution in [0.5, 0.6) is 0 Å². The number of nitrogens with zero attached hydrogens (tertiary/aromatic N) is 3. The van der Waals surface area contributed by atoms with Crippen molar-refractivity contribution in [2.24, 2.45) is 0 Å². The van der Waals surface area contributed by atoms with Crippen LogP contribution in [-0.4, -0.2) is 24.5 Å². The third-order valence-electron chi connectivity index (χ3n) is 2.33. The van der Waals surface area contributed by atoms with Gasteiger partial charge in [0.15, 0.2) is 0 Å². The van der Waals surface area contributed by atoms with Crippen molar-refractivity contribution >= 4 is 64.0 Å². The second kappa shape index (κ2) is 6.58. The molecule has 0 saturated heterocycles. The molecule has 0 aliphatic rings. The van der Waals surface area contributed by atoms with E-state index < -0.39 is 16.0 Å². The Bertz CT molecular complexity index is 642. The zero-order valence-electron chi connectivity index (χ0n) is 10.0. The highest BCUT2D eigenvalue weighted by Gasteiger charge is 2.38. The molecule has 1 aromatic heterocycles. The number of rotatable bonds is 3. The summed E-state index contributed by atoms with van der Waals surface area (Å²) in [5.41, 5.74) is 0.0837. The van der Waals surface area contributed by atoms with Crippen LogP contribution in [0, 0.1) is 0 Å². The Labute approximate surface area is 144 Å². The number of carbonyl (C=O) groups is 1. The van der Waals surface area contributed by atoms with Gasteiger partial charge in [0, 0.05) is 5.02 Å². The van der Waals surface area contributed by atoms with Gasteiger partial charge in [-0.2, -0.15) is 5.10 Å². The first-order chi connectivity index (χ1) is 9.79. The number of carbonyl (C=O) groups excluding carboxylic acids is 1. The van der Waals surface area contributed by atoms with Crippen LogP contribution in [0.1, 0.15) is 16.6 Å². The molecule has 0 aliphatic heterocycles. The number of aromatic nitrogens is 3. The van der Waals surface area contributed by atoms with Crippen molar-refractivity contribution in [3.05, 3.63) is 46.5 Å². The third-order valence-corrected chi connectivity index (χ3v) is 3.43. The standard InChI is InChI=1S/C11H6Cl5N3O2/c12-6-1-2-7(8(13)3-6)9(20)21-10(11(14,15)16)19-5-17-4-18-19/h1-5,10H/t10-/m0/s1. The van der Waals surface area contributed by atoms with E-state index in [1.54, 1.807) is 0 Å². The van der Waals surface area contributed by atoms with Crippen molar-refractivity contribution in [3.8, 4) is 0 Å². The molecular formula is C11H6Cl5N3O2. The van der Waals surface area contributed by atoms with Crippen LogP contribution in [0.15, 0.2) is 30.9 Å².